The van der Waals surface area contributed by atoms with E-state index < -0.39 is 0 Å². The number of para-hydroxylation sites is 1. The highest BCUT2D eigenvalue weighted by Gasteiger charge is 2.40. The maximum absolute atomic E-state index is 4.35. The van der Waals surface area contributed by atoms with E-state index in [1.165, 1.54) is 29.8 Å². The average Bonchev–Trinajstić information content (AvgIpc) is 2.58. The summed E-state index contributed by atoms with van der Waals surface area (Å²) < 4.78 is 0. The highest BCUT2D eigenvalue weighted by atomic mass is 15.2. The summed E-state index contributed by atoms with van der Waals surface area (Å²) in [5.41, 5.74) is 4.22. The highest BCUT2D eigenvalue weighted by molar-refractivity contribution is 5.70. The SMILES string of the molecule is C=C1N(CCCC)c2ccccc2C1(C)CC. The van der Waals surface area contributed by atoms with Gasteiger partial charge in [-0.3, -0.25) is 0 Å². The third-order valence-corrected chi connectivity index (χ3v) is 4.19. The summed E-state index contributed by atoms with van der Waals surface area (Å²) in [4.78, 5) is 2.42. The maximum atomic E-state index is 4.35. The van der Waals surface area contributed by atoms with E-state index in [9.17, 15) is 0 Å². The first-order chi connectivity index (χ1) is 8.15. The maximum Gasteiger partial charge on any atom is 0.0450 e. The number of hydrogen-bond donors (Lipinski definition) is 0. The Kier molecular flexibility index (Phi) is 3.28. The lowest BCUT2D eigenvalue weighted by Gasteiger charge is -2.28. The third-order valence-electron chi connectivity index (χ3n) is 4.19. The van der Waals surface area contributed by atoms with E-state index in [0.717, 1.165) is 13.0 Å². The Balaban J connectivity index is 2.42. The smallest absolute Gasteiger partial charge is 0.0450 e. The number of unbranched alkanes of at least 4 members (excludes halogenated alkanes) is 1. The molecule has 1 aromatic carbocycles. The van der Waals surface area contributed by atoms with Gasteiger partial charge >= 0.3 is 0 Å². The molecule has 17 heavy (non-hydrogen) atoms. The first-order valence-corrected chi connectivity index (χ1v) is 6.71. The molecule has 0 saturated heterocycles. The number of anilines is 1. The molecule has 2 rings (SSSR count). The molecule has 0 amide bonds. The van der Waals surface area contributed by atoms with Crippen LogP contribution in [0.4, 0.5) is 5.69 Å². The molecule has 0 aliphatic carbocycles. The van der Waals surface area contributed by atoms with Crippen LogP contribution in [-0.4, -0.2) is 6.54 Å². The molecule has 1 heteroatoms. The van der Waals surface area contributed by atoms with Gasteiger partial charge in [-0.15, -0.1) is 0 Å². The Bertz CT molecular complexity index is 421. The van der Waals surface area contributed by atoms with Crippen molar-refractivity contribution in [2.24, 2.45) is 0 Å². The van der Waals surface area contributed by atoms with E-state index >= 15 is 0 Å². The first kappa shape index (κ1) is 12.2. The zero-order valence-corrected chi connectivity index (χ0v) is 11.3. The van der Waals surface area contributed by atoms with Gasteiger partial charge in [0.15, 0.2) is 0 Å². The molecule has 92 valence electrons. The minimum Gasteiger partial charge on any atom is -0.345 e. The summed E-state index contributed by atoms with van der Waals surface area (Å²) in [5.74, 6) is 0. The molecule has 1 heterocycles. The van der Waals surface area contributed by atoms with Crippen molar-refractivity contribution in [3.8, 4) is 0 Å². The van der Waals surface area contributed by atoms with E-state index in [1.54, 1.807) is 0 Å². The topological polar surface area (TPSA) is 3.24 Å². The van der Waals surface area contributed by atoms with Crippen LogP contribution in [0.3, 0.4) is 0 Å². The summed E-state index contributed by atoms with van der Waals surface area (Å²) in [5, 5.41) is 0. The van der Waals surface area contributed by atoms with Crippen LogP contribution in [0.2, 0.25) is 0 Å². The second-order valence-electron chi connectivity index (χ2n) is 5.15. The van der Waals surface area contributed by atoms with Gasteiger partial charge in [0, 0.05) is 23.3 Å². The molecule has 0 N–H and O–H groups in total. The molecule has 0 saturated carbocycles. The van der Waals surface area contributed by atoms with Crippen LogP contribution in [0.15, 0.2) is 36.5 Å². The van der Waals surface area contributed by atoms with Gasteiger partial charge in [0.2, 0.25) is 0 Å². The quantitative estimate of drug-likeness (QED) is 0.735. The molecule has 1 aliphatic heterocycles. The summed E-state index contributed by atoms with van der Waals surface area (Å²) >= 11 is 0. The van der Waals surface area contributed by atoms with E-state index in [-0.39, 0.29) is 5.41 Å². The summed E-state index contributed by atoms with van der Waals surface area (Å²) in [6, 6.07) is 8.77. The molecule has 1 atom stereocenters. The van der Waals surface area contributed by atoms with Crippen LogP contribution in [0.5, 0.6) is 0 Å². The molecule has 0 fully saturated rings. The van der Waals surface area contributed by atoms with E-state index in [0.29, 0.717) is 0 Å². The molecule has 1 unspecified atom stereocenters. The van der Waals surface area contributed by atoms with Gasteiger partial charge in [0.1, 0.15) is 0 Å². The average molecular weight is 229 g/mol. The molecular formula is C16H23N. The monoisotopic (exact) mass is 229 g/mol. The van der Waals surface area contributed by atoms with Gasteiger partial charge < -0.3 is 4.90 Å². The summed E-state index contributed by atoms with van der Waals surface area (Å²) in [6.07, 6.45) is 3.58. The second kappa shape index (κ2) is 4.56. The first-order valence-electron chi connectivity index (χ1n) is 6.71. The van der Waals surface area contributed by atoms with Crippen LogP contribution in [0.1, 0.15) is 45.6 Å². The molecule has 0 spiro atoms. The normalized spacial score (nSPS) is 23.0. The van der Waals surface area contributed by atoms with Crippen molar-refractivity contribution in [2.75, 3.05) is 11.4 Å². The number of hydrogen-bond acceptors (Lipinski definition) is 1. The fraction of sp³-hybridized carbons (Fsp3) is 0.500. The van der Waals surface area contributed by atoms with E-state index in [2.05, 4.69) is 56.5 Å². The molecule has 0 bridgehead atoms. The summed E-state index contributed by atoms with van der Waals surface area (Å²) in [7, 11) is 0. The standard InChI is InChI=1S/C16H23N/c1-5-7-12-17-13(3)16(4,6-2)14-10-8-9-11-15(14)17/h8-11H,3,5-7,12H2,1-2,4H3. The van der Waals surface area contributed by atoms with Gasteiger partial charge in [0.05, 0.1) is 0 Å². The molecule has 0 aromatic heterocycles. The van der Waals surface area contributed by atoms with E-state index in [4.69, 9.17) is 0 Å². The molecule has 1 aliphatic rings. The largest absolute Gasteiger partial charge is 0.345 e. The van der Waals surface area contributed by atoms with Crippen LogP contribution in [0.25, 0.3) is 0 Å². The Morgan fingerprint density at radius 1 is 1.24 bits per heavy atom. The lowest BCUT2D eigenvalue weighted by molar-refractivity contribution is 0.545. The van der Waals surface area contributed by atoms with Crippen LogP contribution in [0, 0.1) is 0 Å². The Hall–Kier alpha value is -1.24. The predicted molar refractivity (Wildman–Crippen MR) is 75.5 cm³/mol. The van der Waals surface area contributed by atoms with Gasteiger partial charge in [-0.25, -0.2) is 0 Å². The number of fused-ring (bicyclic) bond motifs is 1. The van der Waals surface area contributed by atoms with Crippen molar-refractivity contribution >= 4 is 5.69 Å². The molecular weight excluding hydrogens is 206 g/mol. The van der Waals surface area contributed by atoms with Gasteiger partial charge in [0.25, 0.3) is 0 Å². The Labute approximate surface area is 105 Å². The lowest BCUT2D eigenvalue weighted by atomic mass is 9.80. The Morgan fingerprint density at radius 2 is 1.94 bits per heavy atom. The molecule has 1 nitrogen and oxygen atoms in total. The second-order valence-corrected chi connectivity index (χ2v) is 5.15. The van der Waals surface area contributed by atoms with Crippen molar-refractivity contribution in [1.82, 2.24) is 0 Å². The number of allylic oxidation sites excluding steroid dienone is 1. The Morgan fingerprint density at radius 3 is 2.59 bits per heavy atom. The van der Waals surface area contributed by atoms with Gasteiger partial charge in [-0.05, 0) is 31.4 Å². The summed E-state index contributed by atoms with van der Waals surface area (Å²) in [6.45, 7) is 12.3. The predicted octanol–water partition coefficient (Wildman–Crippen LogP) is 4.49. The minimum atomic E-state index is 0.129. The van der Waals surface area contributed by atoms with Crippen molar-refractivity contribution in [1.29, 1.82) is 0 Å². The third kappa shape index (κ3) is 1.78. The van der Waals surface area contributed by atoms with Crippen LogP contribution < -0.4 is 4.90 Å². The van der Waals surface area contributed by atoms with Crippen LogP contribution in [-0.2, 0) is 5.41 Å². The highest BCUT2D eigenvalue weighted by Crippen LogP contribution is 2.48. The van der Waals surface area contributed by atoms with Gasteiger partial charge in [-0.2, -0.15) is 0 Å². The number of rotatable bonds is 4. The molecule has 1 aromatic rings. The van der Waals surface area contributed by atoms with Crippen molar-refractivity contribution in [3.63, 3.8) is 0 Å². The zero-order valence-electron chi connectivity index (χ0n) is 11.3. The fourth-order valence-electron chi connectivity index (χ4n) is 2.74. The van der Waals surface area contributed by atoms with Gasteiger partial charge in [-0.1, -0.05) is 45.0 Å². The van der Waals surface area contributed by atoms with Crippen LogP contribution >= 0.6 is 0 Å². The lowest BCUT2D eigenvalue weighted by Crippen LogP contribution is -2.27. The molecule has 0 radical (unpaired) electrons. The number of nitrogens with zero attached hydrogens (tertiary/aromatic N) is 1. The van der Waals surface area contributed by atoms with Crippen molar-refractivity contribution in [3.05, 3.63) is 42.1 Å². The minimum absolute atomic E-state index is 0.129. The van der Waals surface area contributed by atoms with E-state index in [1.807, 2.05) is 0 Å². The number of benzene rings is 1. The zero-order chi connectivity index (χ0) is 12.5. The van der Waals surface area contributed by atoms with Crippen molar-refractivity contribution < 1.29 is 0 Å². The fourth-order valence-corrected chi connectivity index (χ4v) is 2.74. The van der Waals surface area contributed by atoms with Crippen molar-refractivity contribution in [2.45, 2.75) is 45.4 Å².